The molecule has 1 aromatic carbocycles. The second-order valence-electron chi connectivity index (χ2n) is 3.87. The highest BCUT2D eigenvalue weighted by atomic mass is 35.5. The number of rotatable bonds is 1. The van der Waals surface area contributed by atoms with Gasteiger partial charge in [0.25, 0.3) is 0 Å². The smallest absolute Gasteiger partial charge is 0.0985 e. The molecule has 0 radical (unpaired) electrons. The van der Waals surface area contributed by atoms with E-state index in [1.54, 1.807) is 24.3 Å². The van der Waals surface area contributed by atoms with E-state index >= 15 is 0 Å². The lowest BCUT2D eigenvalue weighted by Gasteiger charge is -2.23. The fourth-order valence-corrected chi connectivity index (χ4v) is 2.79. The predicted molar refractivity (Wildman–Crippen MR) is 75.4 cm³/mol. The summed E-state index contributed by atoms with van der Waals surface area (Å²) in [5.41, 5.74) is 13.1. The first kappa shape index (κ1) is 13.4. The third kappa shape index (κ3) is 2.39. The van der Waals surface area contributed by atoms with Crippen LogP contribution in [-0.2, 0) is 0 Å². The molecule has 2 rings (SSSR count). The number of halogens is 1. The van der Waals surface area contributed by atoms with E-state index in [1.807, 2.05) is 0 Å². The van der Waals surface area contributed by atoms with E-state index in [-0.39, 0.29) is 0 Å². The van der Waals surface area contributed by atoms with Gasteiger partial charge in [-0.25, -0.2) is 0 Å². The highest BCUT2D eigenvalue weighted by Gasteiger charge is 2.30. The second-order valence-corrected chi connectivity index (χ2v) is 5.39. The number of hydrogen-bond acceptors (Lipinski definition) is 5. The number of nitrogens with zero attached hydrogens (tertiary/aromatic N) is 2. The Labute approximate surface area is 119 Å². The Kier molecular flexibility index (Phi) is 3.71. The molecule has 0 spiro atoms. The summed E-state index contributed by atoms with van der Waals surface area (Å²) in [6, 6.07) is 11.1. The van der Waals surface area contributed by atoms with Gasteiger partial charge in [-0.1, -0.05) is 35.5 Å². The van der Waals surface area contributed by atoms with Gasteiger partial charge in [0.2, 0.25) is 0 Å². The zero-order valence-electron chi connectivity index (χ0n) is 9.72. The summed E-state index contributed by atoms with van der Waals surface area (Å²) >= 11 is 6.89. The molecule has 0 unspecified atom stereocenters. The van der Waals surface area contributed by atoms with E-state index in [0.717, 1.165) is 17.3 Å². The highest BCUT2D eigenvalue weighted by Crippen LogP contribution is 2.42. The van der Waals surface area contributed by atoms with Crippen LogP contribution in [0.3, 0.4) is 0 Å². The van der Waals surface area contributed by atoms with Crippen LogP contribution in [0, 0.1) is 22.7 Å². The zero-order valence-corrected chi connectivity index (χ0v) is 11.3. The van der Waals surface area contributed by atoms with Crippen molar-refractivity contribution < 1.29 is 0 Å². The van der Waals surface area contributed by atoms with Crippen LogP contribution in [-0.4, -0.2) is 0 Å². The second kappa shape index (κ2) is 5.27. The minimum Gasteiger partial charge on any atom is -0.392 e. The number of nitriles is 2. The lowest BCUT2D eigenvalue weighted by Crippen LogP contribution is -2.18. The van der Waals surface area contributed by atoms with Gasteiger partial charge in [0.15, 0.2) is 0 Å². The molecule has 0 amide bonds. The minimum absolute atomic E-state index is 0.332. The first-order valence-corrected chi connectivity index (χ1v) is 6.50. The zero-order chi connectivity index (χ0) is 14.0. The number of hydrogen-bond donors (Lipinski definition) is 2. The van der Waals surface area contributed by atoms with Crippen LogP contribution in [0.1, 0.15) is 11.5 Å². The van der Waals surface area contributed by atoms with Crippen molar-refractivity contribution in [3.63, 3.8) is 0 Å². The monoisotopic (exact) mass is 288 g/mol. The van der Waals surface area contributed by atoms with Gasteiger partial charge in [-0.3, -0.25) is 0 Å². The van der Waals surface area contributed by atoms with Gasteiger partial charge >= 0.3 is 0 Å². The van der Waals surface area contributed by atoms with Gasteiger partial charge in [-0.2, -0.15) is 10.5 Å². The van der Waals surface area contributed by atoms with Crippen molar-refractivity contribution in [2.24, 2.45) is 11.5 Å². The molecule has 0 saturated heterocycles. The summed E-state index contributed by atoms with van der Waals surface area (Å²) in [6.07, 6.45) is 0. The Balaban J connectivity index is 2.61. The quantitative estimate of drug-likeness (QED) is 0.827. The summed E-state index contributed by atoms with van der Waals surface area (Å²) in [5.74, 6) is -0.520. The maximum atomic E-state index is 9.25. The molecule has 0 fully saturated rings. The highest BCUT2D eigenvalue weighted by molar-refractivity contribution is 8.06. The van der Waals surface area contributed by atoms with Crippen molar-refractivity contribution >= 4 is 23.4 Å². The van der Waals surface area contributed by atoms with E-state index in [2.05, 4.69) is 12.1 Å². The molecule has 4 N–H and O–H groups in total. The SMILES string of the molecule is N#CC1=C(N)SC(N)=C(C#N)C1c1ccc(Cl)cc1. The van der Waals surface area contributed by atoms with Crippen molar-refractivity contribution in [2.45, 2.75) is 5.92 Å². The molecule has 0 aromatic heterocycles. The Bertz CT molecular complexity index is 625. The predicted octanol–water partition coefficient (Wildman–Crippen LogP) is 2.56. The van der Waals surface area contributed by atoms with Crippen LogP contribution in [0.2, 0.25) is 5.02 Å². The standard InChI is InChI=1S/C13H9ClN4S/c14-8-3-1-7(2-4-8)11-9(5-15)12(17)19-13(18)10(11)6-16/h1-4,11H,17-18H2. The molecular formula is C13H9ClN4S. The largest absolute Gasteiger partial charge is 0.392 e. The van der Waals surface area contributed by atoms with Gasteiger partial charge in [0.1, 0.15) is 0 Å². The van der Waals surface area contributed by atoms with E-state index in [4.69, 9.17) is 23.1 Å². The van der Waals surface area contributed by atoms with Gasteiger partial charge in [-0.05, 0) is 17.7 Å². The molecule has 0 atom stereocenters. The summed E-state index contributed by atoms with van der Waals surface area (Å²) < 4.78 is 0. The fourth-order valence-electron chi connectivity index (χ4n) is 1.89. The van der Waals surface area contributed by atoms with Crippen LogP contribution < -0.4 is 11.5 Å². The van der Waals surface area contributed by atoms with Crippen LogP contribution in [0.5, 0.6) is 0 Å². The van der Waals surface area contributed by atoms with Crippen molar-refractivity contribution in [2.75, 3.05) is 0 Å². The fraction of sp³-hybridized carbons (Fsp3) is 0.0769. The topological polar surface area (TPSA) is 99.6 Å². The van der Waals surface area contributed by atoms with Crippen molar-refractivity contribution in [3.8, 4) is 12.1 Å². The molecule has 6 heteroatoms. The molecule has 0 bridgehead atoms. The van der Waals surface area contributed by atoms with Gasteiger partial charge in [0, 0.05) is 5.02 Å². The maximum absolute atomic E-state index is 9.25. The third-order valence-electron chi connectivity index (χ3n) is 2.77. The number of nitrogens with two attached hydrogens (primary N) is 2. The third-order valence-corrected chi connectivity index (χ3v) is 3.90. The first-order valence-electron chi connectivity index (χ1n) is 5.31. The van der Waals surface area contributed by atoms with Crippen molar-refractivity contribution in [1.82, 2.24) is 0 Å². The molecule has 1 aliphatic heterocycles. The Morgan fingerprint density at radius 3 is 1.89 bits per heavy atom. The molecule has 19 heavy (non-hydrogen) atoms. The molecule has 94 valence electrons. The Hall–Kier alpha value is -2.08. The molecule has 4 nitrogen and oxygen atoms in total. The normalized spacial score (nSPS) is 16.2. The number of thioether (sulfide) groups is 1. The first-order chi connectivity index (χ1) is 9.08. The summed E-state index contributed by atoms with van der Waals surface area (Å²) in [5, 5.41) is 19.7. The summed E-state index contributed by atoms with van der Waals surface area (Å²) in [7, 11) is 0. The number of benzene rings is 1. The van der Waals surface area contributed by atoms with Gasteiger partial charge in [0.05, 0.1) is 39.3 Å². The molecular weight excluding hydrogens is 280 g/mol. The van der Waals surface area contributed by atoms with Crippen LogP contribution in [0.25, 0.3) is 0 Å². The van der Waals surface area contributed by atoms with Gasteiger partial charge in [-0.15, -0.1) is 0 Å². The van der Waals surface area contributed by atoms with E-state index in [9.17, 15) is 10.5 Å². The summed E-state index contributed by atoms with van der Waals surface area (Å²) in [6.45, 7) is 0. The number of allylic oxidation sites excluding steroid dienone is 2. The van der Waals surface area contributed by atoms with E-state index in [0.29, 0.717) is 26.2 Å². The van der Waals surface area contributed by atoms with E-state index < -0.39 is 5.92 Å². The minimum atomic E-state index is -0.520. The Morgan fingerprint density at radius 2 is 1.47 bits per heavy atom. The average Bonchev–Trinajstić information content (AvgIpc) is 2.39. The van der Waals surface area contributed by atoms with Crippen molar-refractivity contribution in [3.05, 3.63) is 56.1 Å². The molecule has 0 aliphatic carbocycles. The molecule has 1 heterocycles. The maximum Gasteiger partial charge on any atom is 0.0985 e. The average molecular weight is 289 g/mol. The molecule has 1 aliphatic rings. The molecule has 1 aromatic rings. The molecule has 0 saturated carbocycles. The van der Waals surface area contributed by atoms with Crippen LogP contribution >= 0.6 is 23.4 Å². The van der Waals surface area contributed by atoms with Gasteiger partial charge < -0.3 is 11.5 Å². The lowest BCUT2D eigenvalue weighted by molar-refractivity contribution is 0.957. The van der Waals surface area contributed by atoms with Crippen LogP contribution in [0.4, 0.5) is 0 Å². The van der Waals surface area contributed by atoms with E-state index in [1.165, 1.54) is 0 Å². The lowest BCUT2D eigenvalue weighted by atomic mass is 9.86. The van der Waals surface area contributed by atoms with Crippen molar-refractivity contribution in [1.29, 1.82) is 10.5 Å². The van der Waals surface area contributed by atoms with Crippen LogP contribution in [0.15, 0.2) is 45.5 Å². The Morgan fingerprint density at radius 1 is 1.00 bits per heavy atom. The summed E-state index contributed by atoms with van der Waals surface area (Å²) in [4.78, 5) is 0.